The second-order valence-electron chi connectivity index (χ2n) is 8.99. The SMILES string of the molecule is COc1ccc(CCN(Cc2ccc(-c3cccc(C(=O)O)c3OC)cc2)c2nc3cccc(F)c3s2)cc1. The van der Waals surface area contributed by atoms with Crippen LogP contribution in [0.4, 0.5) is 9.52 Å². The zero-order valence-corrected chi connectivity index (χ0v) is 22.4. The van der Waals surface area contributed by atoms with Gasteiger partial charge < -0.3 is 19.5 Å². The van der Waals surface area contributed by atoms with Gasteiger partial charge >= 0.3 is 5.97 Å². The maximum Gasteiger partial charge on any atom is 0.339 e. The molecule has 0 saturated carbocycles. The summed E-state index contributed by atoms with van der Waals surface area (Å²) in [6, 6.07) is 26.0. The van der Waals surface area contributed by atoms with Gasteiger partial charge in [-0.2, -0.15) is 0 Å². The lowest BCUT2D eigenvalue weighted by molar-refractivity contribution is 0.0693. The number of carboxylic acids is 1. The highest BCUT2D eigenvalue weighted by atomic mass is 32.1. The third-order valence-corrected chi connectivity index (χ3v) is 7.68. The molecule has 198 valence electrons. The molecule has 1 N–H and O–H groups in total. The van der Waals surface area contributed by atoms with Gasteiger partial charge in [0.25, 0.3) is 0 Å². The fourth-order valence-electron chi connectivity index (χ4n) is 4.50. The Labute approximate surface area is 229 Å². The van der Waals surface area contributed by atoms with Crippen molar-refractivity contribution in [2.75, 3.05) is 25.7 Å². The number of anilines is 1. The Balaban J connectivity index is 1.42. The average molecular weight is 543 g/mol. The highest BCUT2D eigenvalue weighted by molar-refractivity contribution is 7.22. The minimum atomic E-state index is -1.04. The Kier molecular flexibility index (Phi) is 7.74. The fraction of sp³-hybridized carbons (Fsp3) is 0.161. The molecular weight excluding hydrogens is 515 g/mol. The van der Waals surface area contributed by atoms with Crippen LogP contribution in [-0.4, -0.2) is 36.8 Å². The number of nitrogens with zero attached hydrogens (tertiary/aromatic N) is 2. The first-order valence-corrected chi connectivity index (χ1v) is 13.2. The molecule has 0 fully saturated rings. The monoisotopic (exact) mass is 542 g/mol. The minimum absolute atomic E-state index is 0.117. The van der Waals surface area contributed by atoms with Crippen LogP contribution in [0.3, 0.4) is 0 Å². The van der Waals surface area contributed by atoms with Crippen molar-refractivity contribution in [3.8, 4) is 22.6 Å². The number of halogens is 1. The van der Waals surface area contributed by atoms with Gasteiger partial charge in [-0.1, -0.05) is 65.9 Å². The van der Waals surface area contributed by atoms with Crippen molar-refractivity contribution in [3.05, 3.63) is 107 Å². The molecule has 1 heterocycles. The van der Waals surface area contributed by atoms with Gasteiger partial charge in [-0.15, -0.1) is 0 Å². The van der Waals surface area contributed by atoms with Crippen molar-refractivity contribution < 1.29 is 23.8 Å². The topological polar surface area (TPSA) is 71.9 Å². The number of hydrogen-bond acceptors (Lipinski definition) is 6. The van der Waals surface area contributed by atoms with Gasteiger partial charge in [0.15, 0.2) is 5.13 Å². The highest BCUT2D eigenvalue weighted by Crippen LogP contribution is 2.35. The number of aromatic carboxylic acids is 1. The summed E-state index contributed by atoms with van der Waals surface area (Å²) < 4.78 is 25.7. The van der Waals surface area contributed by atoms with E-state index in [1.165, 1.54) is 30.6 Å². The summed E-state index contributed by atoms with van der Waals surface area (Å²) in [5.74, 6) is -0.170. The first-order valence-electron chi connectivity index (χ1n) is 12.4. The molecule has 0 amide bonds. The number of carboxylic acid groups (broad SMARTS) is 1. The van der Waals surface area contributed by atoms with Crippen molar-refractivity contribution in [2.45, 2.75) is 13.0 Å². The summed E-state index contributed by atoms with van der Waals surface area (Å²) in [6.07, 6.45) is 0.777. The molecule has 5 rings (SSSR count). The van der Waals surface area contributed by atoms with Gasteiger partial charge in [0.1, 0.15) is 22.9 Å². The van der Waals surface area contributed by atoms with Gasteiger partial charge in [0, 0.05) is 18.7 Å². The Hall–Kier alpha value is -4.43. The molecule has 5 aromatic rings. The molecule has 6 nitrogen and oxygen atoms in total. The van der Waals surface area contributed by atoms with E-state index in [0.29, 0.717) is 34.6 Å². The van der Waals surface area contributed by atoms with E-state index in [2.05, 4.69) is 4.90 Å². The first-order chi connectivity index (χ1) is 19.0. The largest absolute Gasteiger partial charge is 0.497 e. The molecule has 39 heavy (non-hydrogen) atoms. The maximum atomic E-state index is 14.5. The van der Waals surface area contributed by atoms with Gasteiger partial charge in [-0.3, -0.25) is 0 Å². The van der Waals surface area contributed by atoms with Crippen LogP contribution in [0.25, 0.3) is 21.3 Å². The van der Waals surface area contributed by atoms with Crippen LogP contribution < -0.4 is 14.4 Å². The molecular formula is C31H27FN2O4S. The summed E-state index contributed by atoms with van der Waals surface area (Å²) >= 11 is 1.35. The standard InChI is InChI=1S/C31H27FN2O4S/c1-37-23-15-11-20(12-16-23)17-18-34(31-33-27-8-4-7-26(32)29(27)39-31)19-21-9-13-22(14-10-21)24-5-3-6-25(30(35)36)28(24)38-2/h3-16H,17-19H2,1-2H3,(H,35,36). The van der Waals surface area contributed by atoms with Gasteiger partial charge in [-0.25, -0.2) is 14.2 Å². The number of thiazole rings is 1. The van der Waals surface area contributed by atoms with E-state index in [-0.39, 0.29) is 11.4 Å². The molecule has 0 aliphatic rings. The number of fused-ring (bicyclic) bond motifs is 1. The Bertz CT molecular complexity index is 1600. The van der Waals surface area contributed by atoms with Gasteiger partial charge in [-0.05, 0) is 53.4 Å². The first kappa shape index (κ1) is 26.2. The van der Waals surface area contributed by atoms with Crippen molar-refractivity contribution in [1.29, 1.82) is 0 Å². The summed E-state index contributed by atoms with van der Waals surface area (Å²) in [5.41, 5.74) is 4.53. The molecule has 4 aromatic carbocycles. The number of ether oxygens (including phenoxy) is 2. The summed E-state index contributed by atoms with van der Waals surface area (Å²) in [4.78, 5) is 18.5. The number of aromatic nitrogens is 1. The predicted molar refractivity (Wildman–Crippen MR) is 153 cm³/mol. The molecule has 0 saturated heterocycles. The van der Waals surface area contributed by atoms with E-state index in [1.54, 1.807) is 19.2 Å². The Morgan fingerprint density at radius 2 is 1.64 bits per heavy atom. The lowest BCUT2D eigenvalue weighted by Gasteiger charge is -2.22. The summed E-state index contributed by atoms with van der Waals surface area (Å²) in [6.45, 7) is 1.26. The normalized spacial score (nSPS) is 10.9. The lowest BCUT2D eigenvalue weighted by Crippen LogP contribution is -2.25. The molecule has 0 atom stereocenters. The molecule has 8 heteroatoms. The van der Waals surface area contributed by atoms with Crippen molar-refractivity contribution in [3.63, 3.8) is 0 Å². The predicted octanol–water partition coefficient (Wildman–Crippen LogP) is 7.07. The smallest absolute Gasteiger partial charge is 0.339 e. The second-order valence-corrected chi connectivity index (χ2v) is 9.97. The zero-order valence-electron chi connectivity index (χ0n) is 21.6. The lowest BCUT2D eigenvalue weighted by atomic mass is 10.00. The van der Waals surface area contributed by atoms with E-state index in [0.717, 1.165) is 34.0 Å². The number of benzene rings is 4. The number of carbonyl (C=O) groups is 1. The molecule has 0 spiro atoms. The molecule has 0 aliphatic carbocycles. The quantitative estimate of drug-likeness (QED) is 0.204. The van der Waals surface area contributed by atoms with Crippen molar-refractivity contribution in [1.82, 2.24) is 4.98 Å². The molecule has 1 aromatic heterocycles. The third kappa shape index (κ3) is 5.71. The zero-order chi connectivity index (χ0) is 27.4. The maximum absolute atomic E-state index is 14.5. The van der Waals surface area contributed by atoms with Crippen LogP contribution in [0.15, 0.2) is 84.9 Å². The van der Waals surface area contributed by atoms with Gasteiger partial charge in [0.05, 0.1) is 24.4 Å². The van der Waals surface area contributed by atoms with E-state index in [4.69, 9.17) is 14.5 Å². The molecule has 0 aliphatic heterocycles. The van der Waals surface area contributed by atoms with E-state index >= 15 is 0 Å². The minimum Gasteiger partial charge on any atom is -0.497 e. The van der Waals surface area contributed by atoms with E-state index in [9.17, 15) is 14.3 Å². The molecule has 0 bridgehead atoms. The van der Waals surface area contributed by atoms with Crippen molar-refractivity contribution in [2.24, 2.45) is 0 Å². The van der Waals surface area contributed by atoms with Crippen molar-refractivity contribution >= 4 is 32.7 Å². The van der Waals surface area contributed by atoms with Crippen LogP contribution in [-0.2, 0) is 13.0 Å². The van der Waals surface area contributed by atoms with Crippen LogP contribution in [0, 0.1) is 5.82 Å². The van der Waals surface area contributed by atoms with Crippen LogP contribution in [0.1, 0.15) is 21.5 Å². The summed E-state index contributed by atoms with van der Waals surface area (Å²) in [5, 5.41) is 10.3. The van der Waals surface area contributed by atoms with Crippen LogP contribution in [0.2, 0.25) is 0 Å². The number of para-hydroxylation sites is 1. The Morgan fingerprint density at radius 1 is 0.923 bits per heavy atom. The highest BCUT2D eigenvalue weighted by Gasteiger charge is 2.18. The summed E-state index contributed by atoms with van der Waals surface area (Å²) in [7, 11) is 3.12. The fourth-order valence-corrected chi connectivity index (χ4v) is 5.50. The van der Waals surface area contributed by atoms with Gasteiger partial charge in [0.2, 0.25) is 0 Å². The number of rotatable bonds is 10. The molecule has 0 radical (unpaired) electrons. The second kappa shape index (κ2) is 11.5. The van der Waals surface area contributed by atoms with E-state index < -0.39 is 5.97 Å². The van der Waals surface area contributed by atoms with Crippen LogP contribution in [0.5, 0.6) is 11.5 Å². The molecule has 0 unspecified atom stereocenters. The van der Waals surface area contributed by atoms with E-state index in [1.807, 2.05) is 60.7 Å². The average Bonchev–Trinajstić information content (AvgIpc) is 3.41. The Morgan fingerprint density at radius 3 is 2.31 bits per heavy atom. The number of hydrogen-bond donors (Lipinski definition) is 1. The number of methoxy groups -OCH3 is 2. The third-order valence-electron chi connectivity index (χ3n) is 6.54. The van der Waals surface area contributed by atoms with Crippen LogP contribution >= 0.6 is 11.3 Å².